The van der Waals surface area contributed by atoms with Gasteiger partial charge in [-0.2, -0.15) is 0 Å². The van der Waals surface area contributed by atoms with Gasteiger partial charge in [-0.3, -0.25) is 4.79 Å². The highest BCUT2D eigenvalue weighted by Crippen LogP contribution is 2.53. The van der Waals surface area contributed by atoms with Gasteiger partial charge in [-0.1, -0.05) is 0 Å². The molecule has 0 heterocycles. The topological polar surface area (TPSA) is 17.1 Å². The normalized spacial score (nSPS) is 32.1. The van der Waals surface area contributed by atoms with Gasteiger partial charge in [-0.05, 0) is 13.3 Å². The van der Waals surface area contributed by atoms with E-state index in [0.29, 0.717) is 6.42 Å². The molecule has 0 aromatic carbocycles. The lowest BCUT2D eigenvalue weighted by atomic mass is 10.3. The standard InChI is InChI=1S/C5H6Cl2O/c1-3(8)4-2-5(4,6)7/h4H,2H2,1H3/t4-/m1/s1. The Morgan fingerprint density at radius 3 is 2.12 bits per heavy atom. The van der Waals surface area contributed by atoms with Crippen LogP contribution in [-0.2, 0) is 4.79 Å². The molecule has 0 amide bonds. The smallest absolute Gasteiger partial charge is 0.136 e. The summed E-state index contributed by atoms with van der Waals surface area (Å²) in [5.74, 6) is 0.000772. The quantitative estimate of drug-likeness (QED) is 0.524. The van der Waals surface area contributed by atoms with E-state index in [0.717, 1.165) is 0 Å². The molecule has 0 aromatic rings. The molecule has 1 rings (SSSR count). The molecule has 0 spiro atoms. The molecular weight excluding hydrogens is 147 g/mol. The largest absolute Gasteiger partial charge is 0.300 e. The molecule has 1 aliphatic carbocycles. The average molecular weight is 153 g/mol. The maximum absolute atomic E-state index is 10.5. The molecular formula is C5H6Cl2O. The van der Waals surface area contributed by atoms with Gasteiger partial charge in [0.1, 0.15) is 10.1 Å². The molecule has 0 aliphatic heterocycles. The van der Waals surface area contributed by atoms with E-state index in [-0.39, 0.29) is 11.7 Å². The molecule has 3 heteroatoms. The van der Waals surface area contributed by atoms with Crippen LogP contribution in [0.25, 0.3) is 0 Å². The fourth-order valence-corrected chi connectivity index (χ4v) is 1.27. The fraction of sp³-hybridized carbons (Fsp3) is 0.800. The van der Waals surface area contributed by atoms with Gasteiger partial charge < -0.3 is 0 Å². The first-order valence-corrected chi connectivity index (χ1v) is 3.18. The number of hydrogen-bond acceptors (Lipinski definition) is 1. The molecule has 1 aliphatic rings. The summed E-state index contributed by atoms with van der Waals surface area (Å²) in [5, 5.41) is 0. The van der Waals surface area contributed by atoms with E-state index in [4.69, 9.17) is 23.2 Å². The predicted octanol–water partition coefficient (Wildman–Crippen LogP) is 1.77. The van der Waals surface area contributed by atoms with Crippen molar-refractivity contribution in [1.29, 1.82) is 0 Å². The number of Topliss-reactive ketones (excluding diaryl/α,β-unsaturated/α-hetero) is 1. The zero-order valence-corrected chi connectivity index (χ0v) is 5.96. The lowest BCUT2D eigenvalue weighted by Gasteiger charge is -1.90. The SMILES string of the molecule is CC(=O)[C@H]1CC1(Cl)Cl. The van der Waals surface area contributed by atoms with E-state index in [9.17, 15) is 4.79 Å². The average Bonchev–Trinajstić information content (AvgIpc) is 2.13. The van der Waals surface area contributed by atoms with Crippen molar-refractivity contribution in [3.63, 3.8) is 0 Å². The molecule has 0 N–H and O–H groups in total. The molecule has 1 nitrogen and oxygen atoms in total. The van der Waals surface area contributed by atoms with Gasteiger partial charge in [0.15, 0.2) is 0 Å². The third-order valence-electron chi connectivity index (χ3n) is 1.32. The number of halogens is 2. The van der Waals surface area contributed by atoms with Crippen LogP contribution in [0.5, 0.6) is 0 Å². The summed E-state index contributed by atoms with van der Waals surface area (Å²) >= 11 is 11.1. The van der Waals surface area contributed by atoms with Gasteiger partial charge >= 0.3 is 0 Å². The van der Waals surface area contributed by atoms with Crippen LogP contribution in [0.15, 0.2) is 0 Å². The first-order chi connectivity index (χ1) is 3.54. The summed E-state index contributed by atoms with van der Waals surface area (Å²) in [4.78, 5) is 10.5. The van der Waals surface area contributed by atoms with Crippen LogP contribution in [0, 0.1) is 5.92 Å². The minimum atomic E-state index is -0.716. The van der Waals surface area contributed by atoms with Crippen LogP contribution in [0.3, 0.4) is 0 Å². The Bertz CT molecular complexity index is 130. The van der Waals surface area contributed by atoms with Crippen molar-refractivity contribution in [1.82, 2.24) is 0 Å². The summed E-state index contributed by atoms with van der Waals surface area (Å²) in [7, 11) is 0. The second-order valence-corrected chi connectivity index (χ2v) is 3.67. The lowest BCUT2D eigenvalue weighted by Crippen LogP contribution is -1.99. The Balaban J connectivity index is 2.48. The molecule has 0 bridgehead atoms. The fourth-order valence-electron chi connectivity index (χ4n) is 0.654. The van der Waals surface area contributed by atoms with Gasteiger partial charge in [-0.15, -0.1) is 23.2 Å². The van der Waals surface area contributed by atoms with Crippen LogP contribution in [0.4, 0.5) is 0 Å². The highest BCUT2D eigenvalue weighted by Gasteiger charge is 2.54. The van der Waals surface area contributed by atoms with Gasteiger partial charge in [0.05, 0.1) is 5.92 Å². The van der Waals surface area contributed by atoms with Crippen molar-refractivity contribution >= 4 is 29.0 Å². The van der Waals surface area contributed by atoms with Crippen LogP contribution < -0.4 is 0 Å². The summed E-state index contributed by atoms with van der Waals surface area (Å²) in [6, 6.07) is 0. The third kappa shape index (κ3) is 0.981. The zero-order valence-electron chi connectivity index (χ0n) is 4.45. The monoisotopic (exact) mass is 152 g/mol. The van der Waals surface area contributed by atoms with Crippen molar-refractivity contribution in [3.05, 3.63) is 0 Å². The zero-order chi connectivity index (χ0) is 6.36. The van der Waals surface area contributed by atoms with Gasteiger partial charge in [0, 0.05) is 0 Å². The van der Waals surface area contributed by atoms with E-state index < -0.39 is 4.33 Å². The highest BCUT2D eigenvalue weighted by atomic mass is 35.5. The Kier molecular flexibility index (Phi) is 1.28. The van der Waals surface area contributed by atoms with Crippen molar-refractivity contribution in [3.8, 4) is 0 Å². The van der Waals surface area contributed by atoms with Crippen molar-refractivity contribution < 1.29 is 4.79 Å². The first-order valence-electron chi connectivity index (χ1n) is 2.42. The highest BCUT2D eigenvalue weighted by molar-refractivity contribution is 6.52. The number of rotatable bonds is 1. The molecule has 1 fully saturated rings. The number of carbonyl (C=O) groups is 1. The van der Waals surface area contributed by atoms with Crippen LogP contribution in [-0.4, -0.2) is 10.1 Å². The number of hydrogen-bond donors (Lipinski definition) is 0. The van der Waals surface area contributed by atoms with Crippen molar-refractivity contribution in [2.45, 2.75) is 17.7 Å². The lowest BCUT2D eigenvalue weighted by molar-refractivity contribution is -0.118. The Labute approximate surface area is 58.0 Å². The molecule has 0 aromatic heterocycles. The van der Waals surface area contributed by atoms with E-state index in [1.807, 2.05) is 0 Å². The van der Waals surface area contributed by atoms with Crippen LogP contribution >= 0.6 is 23.2 Å². The minimum absolute atomic E-state index is 0.0918. The Hall–Kier alpha value is 0.250. The van der Waals surface area contributed by atoms with Gasteiger partial charge in [0.2, 0.25) is 0 Å². The molecule has 1 saturated carbocycles. The molecule has 0 saturated heterocycles. The third-order valence-corrected chi connectivity index (χ3v) is 2.15. The minimum Gasteiger partial charge on any atom is -0.300 e. The maximum Gasteiger partial charge on any atom is 0.136 e. The van der Waals surface area contributed by atoms with E-state index in [2.05, 4.69) is 0 Å². The maximum atomic E-state index is 10.5. The first kappa shape index (κ1) is 6.37. The summed E-state index contributed by atoms with van der Waals surface area (Å²) in [5.41, 5.74) is 0. The van der Waals surface area contributed by atoms with Crippen molar-refractivity contribution in [2.24, 2.45) is 5.92 Å². The van der Waals surface area contributed by atoms with Crippen LogP contribution in [0.1, 0.15) is 13.3 Å². The Morgan fingerprint density at radius 2 is 2.12 bits per heavy atom. The van der Waals surface area contributed by atoms with E-state index in [1.54, 1.807) is 0 Å². The Morgan fingerprint density at radius 1 is 1.75 bits per heavy atom. The second kappa shape index (κ2) is 1.61. The van der Waals surface area contributed by atoms with Gasteiger partial charge in [-0.25, -0.2) is 0 Å². The van der Waals surface area contributed by atoms with Gasteiger partial charge in [0.25, 0.3) is 0 Å². The number of alkyl halides is 2. The molecule has 0 unspecified atom stereocenters. The summed E-state index contributed by atoms with van der Waals surface area (Å²) < 4.78 is -0.716. The summed E-state index contributed by atoms with van der Waals surface area (Å²) in [6.07, 6.45) is 0.630. The molecule has 8 heavy (non-hydrogen) atoms. The molecule has 0 radical (unpaired) electrons. The van der Waals surface area contributed by atoms with Crippen LogP contribution in [0.2, 0.25) is 0 Å². The van der Waals surface area contributed by atoms with Crippen molar-refractivity contribution in [2.75, 3.05) is 0 Å². The number of carbonyl (C=O) groups excluding carboxylic acids is 1. The van der Waals surface area contributed by atoms with E-state index in [1.165, 1.54) is 6.92 Å². The van der Waals surface area contributed by atoms with E-state index >= 15 is 0 Å². The number of ketones is 1. The summed E-state index contributed by atoms with van der Waals surface area (Å²) in [6.45, 7) is 1.51. The predicted molar refractivity (Wildman–Crippen MR) is 33.2 cm³/mol. The molecule has 1 atom stereocenters. The second-order valence-electron chi connectivity index (χ2n) is 2.13. The molecule has 46 valence electrons.